The highest BCUT2D eigenvalue weighted by atomic mass is 16.5. The van der Waals surface area contributed by atoms with E-state index >= 15 is 0 Å². The summed E-state index contributed by atoms with van der Waals surface area (Å²) in [6.07, 6.45) is 3.74. The number of benzene rings is 2. The number of nitrogens with one attached hydrogen (secondary N) is 1. The van der Waals surface area contributed by atoms with Crippen LogP contribution < -0.4 is 20.6 Å². The third-order valence-electron chi connectivity index (χ3n) is 4.31. The van der Waals surface area contributed by atoms with E-state index in [1.165, 1.54) is 7.11 Å². The molecule has 0 saturated heterocycles. The predicted molar refractivity (Wildman–Crippen MR) is 113 cm³/mol. The van der Waals surface area contributed by atoms with Crippen LogP contribution in [-0.4, -0.2) is 35.8 Å². The second-order valence-electron chi connectivity index (χ2n) is 6.37. The standard InChI is InChI=1S/C22H22N4O4/c1-15(16-9-10-19(20(13-16)29-2)30-14-21(23)27)24-25-22(28)17-7-3-4-8-18(17)26-11-5-6-12-26/h3-13H,14H2,1-2H3,(H2,23,27)(H,25,28)/b24-15+. The Labute approximate surface area is 173 Å². The van der Waals surface area contributed by atoms with Crippen LogP contribution in [0.4, 0.5) is 0 Å². The molecule has 3 N–H and O–H groups in total. The van der Waals surface area contributed by atoms with Crippen LogP contribution >= 0.6 is 0 Å². The van der Waals surface area contributed by atoms with E-state index in [0.29, 0.717) is 22.8 Å². The van der Waals surface area contributed by atoms with Crippen molar-refractivity contribution in [2.45, 2.75) is 6.92 Å². The molecule has 2 amide bonds. The van der Waals surface area contributed by atoms with Gasteiger partial charge in [0, 0.05) is 18.0 Å². The first-order chi connectivity index (χ1) is 14.5. The maximum absolute atomic E-state index is 12.7. The number of nitrogens with two attached hydrogens (primary N) is 1. The Morgan fingerprint density at radius 2 is 1.80 bits per heavy atom. The zero-order valence-corrected chi connectivity index (χ0v) is 16.7. The molecule has 1 heterocycles. The summed E-state index contributed by atoms with van der Waals surface area (Å²) in [6.45, 7) is 1.51. The molecular formula is C22H22N4O4. The molecule has 0 saturated carbocycles. The van der Waals surface area contributed by atoms with Crippen LogP contribution in [0.5, 0.6) is 11.5 Å². The van der Waals surface area contributed by atoms with E-state index in [1.807, 2.05) is 41.2 Å². The molecule has 0 aliphatic heterocycles. The maximum Gasteiger partial charge on any atom is 0.273 e. The molecule has 3 rings (SSSR count). The third kappa shape index (κ3) is 4.85. The van der Waals surface area contributed by atoms with Crippen LogP contribution in [0.15, 0.2) is 72.1 Å². The Morgan fingerprint density at radius 1 is 1.07 bits per heavy atom. The van der Waals surface area contributed by atoms with Gasteiger partial charge in [0.2, 0.25) is 0 Å². The number of ether oxygens (including phenoxy) is 2. The fourth-order valence-corrected chi connectivity index (χ4v) is 2.81. The number of carbonyl (C=O) groups is 2. The highest BCUT2D eigenvalue weighted by Crippen LogP contribution is 2.28. The number of carbonyl (C=O) groups excluding carboxylic acids is 2. The van der Waals surface area contributed by atoms with Gasteiger partial charge in [-0.05, 0) is 49.4 Å². The normalized spacial score (nSPS) is 11.1. The largest absolute Gasteiger partial charge is 0.493 e. The number of primary amides is 1. The van der Waals surface area contributed by atoms with Gasteiger partial charge in [0.1, 0.15) is 0 Å². The molecule has 0 radical (unpaired) electrons. The third-order valence-corrected chi connectivity index (χ3v) is 4.31. The van der Waals surface area contributed by atoms with E-state index in [0.717, 1.165) is 11.3 Å². The second-order valence-corrected chi connectivity index (χ2v) is 6.37. The van der Waals surface area contributed by atoms with E-state index in [2.05, 4.69) is 10.5 Å². The van der Waals surface area contributed by atoms with Gasteiger partial charge in [-0.3, -0.25) is 9.59 Å². The molecule has 8 heteroatoms. The van der Waals surface area contributed by atoms with E-state index in [-0.39, 0.29) is 12.5 Å². The maximum atomic E-state index is 12.7. The lowest BCUT2D eigenvalue weighted by Gasteiger charge is -2.12. The first-order valence-electron chi connectivity index (χ1n) is 9.16. The molecule has 3 aromatic rings. The number of aromatic nitrogens is 1. The lowest BCUT2D eigenvalue weighted by molar-refractivity contribution is -0.119. The summed E-state index contributed by atoms with van der Waals surface area (Å²) in [7, 11) is 1.49. The minimum atomic E-state index is -0.582. The molecule has 0 spiro atoms. The van der Waals surface area contributed by atoms with Crippen molar-refractivity contribution in [1.29, 1.82) is 0 Å². The van der Waals surface area contributed by atoms with Crippen LogP contribution in [0.3, 0.4) is 0 Å². The summed E-state index contributed by atoms with van der Waals surface area (Å²) in [5, 5.41) is 4.21. The molecule has 8 nitrogen and oxygen atoms in total. The van der Waals surface area contributed by atoms with Gasteiger partial charge in [-0.2, -0.15) is 5.10 Å². The lowest BCUT2D eigenvalue weighted by atomic mass is 10.1. The number of methoxy groups -OCH3 is 1. The topological polar surface area (TPSA) is 108 Å². The molecule has 0 unspecified atom stereocenters. The molecular weight excluding hydrogens is 384 g/mol. The van der Waals surface area contributed by atoms with Crippen LogP contribution in [0, 0.1) is 0 Å². The van der Waals surface area contributed by atoms with Crippen molar-refractivity contribution >= 4 is 17.5 Å². The van der Waals surface area contributed by atoms with Crippen LogP contribution in [-0.2, 0) is 4.79 Å². The van der Waals surface area contributed by atoms with Gasteiger partial charge in [0.05, 0.1) is 24.1 Å². The van der Waals surface area contributed by atoms with Crippen molar-refractivity contribution in [2.24, 2.45) is 10.8 Å². The number of hydrazone groups is 1. The predicted octanol–water partition coefficient (Wildman–Crippen LogP) is 2.50. The molecule has 0 atom stereocenters. The van der Waals surface area contributed by atoms with Crippen LogP contribution in [0.1, 0.15) is 22.8 Å². The number of para-hydroxylation sites is 1. The molecule has 0 bridgehead atoms. The zero-order chi connectivity index (χ0) is 21.5. The molecule has 154 valence electrons. The summed E-state index contributed by atoms with van der Waals surface area (Å²) in [5.74, 6) is -0.0982. The van der Waals surface area contributed by atoms with Gasteiger partial charge < -0.3 is 19.8 Å². The number of rotatable bonds is 8. The first-order valence-corrected chi connectivity index (χ1v) is 9.16. The average molecular weight is 406 g/mol. The first kappa shape index (κ1) is 20.7. The lowest BCUT2D eigenvalue weighted by Crippen LogP contribution is -2.21. The molecule has 2 aromatic carbocycles. The number of hydrogen-bond acceptors (Lipinski definition) is 5. The fraction of sp³-hybridized carbons (Fsp3) is 0.136. The quantitative estimate of drug-likeness (QED) is 0.443. The van der Waals surface area contributed by atoms with E-state index in [9.17, 15) is 9.59 Å². The summed E-state index contributed by atoms with van der Waals surface area (Å²) in [6, 6.07) is 16.2. The monoisotopic (exact) mass is 406 g/mol. The summed E-state index contributed by atoms with van der Waals surface area (Å²) < 4.78 is 12.5. The van der Waals surface area contributed by atoms with Crippen LogP contribution in [0.2, 0.25) is 0 Å². The minimum absolute atomic E-state index is 0.250. The van der Waals surface area contributed by atoms with E-state index < -0.39 is 5.91 Å². The number of amides is 2. The van der Waals surface area contributed by atoms with Crippen molar-refractivity contribution in [3.63, 3.8) is 0 Å². The molecule has 1 aromatic heterocycles. The molecule has 0 fully saturated rings. The average Bonchev–Trinajstić information content (AvgIpc) is 3.30. The van der Waals surface area contributed by atoms with E-state index in [1.54, 1.807) is 37.3 Å². The highest BCUT2D eigenvalue weighted by Gasteiger charge is 2.12. The van der Waals surface area contributed by atoms with Crippen molar-refractivity contribution in [2.75, 3.05) is 13.7 Å². The zero-order valence-electron chi connectivity index (χ0n) is 16.7. The Hall–Kier alpha value is -4.07. The number of nitrogens with zero attached hydrogens (tertiary/aromatic N) is 2. The van der Waals surface area contributed by atoms with Gasteiger partial charge in [0.15, 0.2) is 18.1 Å². The van der Waals surface area contributed by atoms with Crippen LogP contribution in [0.25, 0.3) is 5.69 Å². The van der Waals surface area contributed by atoms with E-state index in [4.69, 9.17) is 15.2 Å². The molecule has 0 aliphatic carbocycles. The highest BCUT2D eigenvalue weighted by molar-refractivity contribution is 6.02. The van der Waals surface area contributed by atoms with Gasteiger partial charge in [-0.1, -0.05) is 12.1 Å². The molecule has 30 heavy (non-hydrogen) atoms. The van der Waals surface area contributed by atoms with Gasteiger partial charge >= 0.3 is 0 Å². The SMILES string of the molecule is COc1cc(/C(C)=N/NC(=O)c2ccccc2-n2cccc2)ccc1OCC(N)=O. The summed E-state index contributed by atoms with van der Waals surface area (Å²) >= 11 is 0. The van der Waals surface area contributed by atoms with Gasteiger partial charge in [0.25, 0.3) is 11.8 Å². The minimum Gasteiger partial charge on any atom is -0.493 e. The Balaban J connectivity index is 1.77. The van der Waals surface area contributed by atoms with Gasteiger partial charge in [-0.25, -0.2) is 5.43 Å². The van der Waals surface area contributed by atoms with Crippen molar-refractivity contribution in [3.05, 3.63) is 78.1 Å². The summed E-state index contributed by atoms with van der Waals surface area (Å²) in [5.41, 5.74) is 10.2. The Bertz CT molecular complexity index is 1070. The van der Waals surface area contributed by atoms with Crippen molar-refractivity contribution in [1.82, 2.24) is 9.99 Å². The Kier molecular flexibility index (Phi) is 6.49. The number of hydrogen-bond donors (Lipinski definition) is 2. The Morgan fingerprint density at radius 3 is 2.50 bits per heavy atom. The fourth-order valence-electron chi connectivity index (χ4n) is 2.81. The summed E-state index contributed by atoms with van der Waals surface area (Å²) in [4.78, 5) is 23.6. The smallest absolute Gasteiger partial charge is 0.273 e. The second kappa shape index (κ2) is 9.42. The van der Waals surface area contributed by atoms with Crippen molar-refractivity contribution in [3.8, 4) is 17.2 Å². The van der Waals surface area contributed by atoms with Gasteiger partial charge in [-0.15, -0.1) is 0 Å². The molecule has 0 aliphatic rings. The van der Waals surface area contributed by atoms with Crippen molar-refractivity contribution < 1.29 is 19.1 Å².